The Morgan fingerprint density at radius 1 is 0.227 bits per heavy atom. The average Bonchev–Trinajstić information content (AvgIpc) is 1.60. The molecule has 0 aliphatic carbocycles. The van der Waals surface area contributed by atoms with Gasteiger partial charge in [0.05, 0.1) is 0 Å². The molecule has 0 saturated carbocycles. The second-order valence-corrected chi connectivity index (χ2v) is 36.1. The van der Waals surface area contributed by atoms with Crippen molar-refractivity contribution in [2.75, 3.05) is 0 Å². The van der Waals surface area contributed by atoms with Crippen LogP contribution in [0.3, 0.4) is 0 Å². The van der Waals surface area contributed by atoms with Gasteiger partial charge in [0, 0.05) is 46.2 Å². The quantitative estimate of drug-likeness (QED) is 0.0273. The van der Waals surface area contributed by atoms with E-state index in [2.05, 4.69) is 130 Å². The number of hydrogen-bond donors (Lipinski definition) is 0. The molecule has 0 amide bonds. The fourth-order valence-electron chi connectivity index (χ4n) is 16.6. The van der Waals surface area contributed by atoms with Crippen molar-refractivity contribution in [2.24, 2.45) is 0 Å². The molecule has 0 radical (unpaired) electrons. The van der Waals surface area contributed by atoms with E-state index in [0.29, 0.717) is 0 Å². The summed E-state index contributed by atoms with van der Waals surface area (Å²) in [7, 11) is 0. The van der Waals surface area contributed by atoms with Crippen LogP contribution in [0.25, 0.3) is 16.9 Å². The first-order chi connectivity index (χ1) is 54.4. The summed E-state index contributed by atoms with van der Waals surface area (Å²) in [5.74, 6) is 14.1. The number of hydrogen-bond acceptors (Lipinski definition) is 0. The summed E-state index contributed by atoms with van der Waals surface area (Å²) >= 11 is 2.05. The summed E-state index contributed by atoms with van der Waals surface area (Å²) < 4.78 is 1.60. The average molecular weight is 1560 g/mol. The molecule has 110 heavy (non-hydrogen) atoms. The standard InChI is InChI=1S/C53H78N2.2C27H55.Ni/c1-7-13-19-21-23-25-30-34-46-39-47(35-31-26-24-22-20-14-8-2)43-48(42-46)52-50(36-18-12-6)51(37-29-17-11-5)53(55(52)54)49-40-44(32-27-15-9-3)38-45(41-49)33-28-16-10-4;2*1-3-5-7-9-11-13-15-17-19-21-23-25-27-26-24-22-20-18-16-14-12-10-8-6-4-2;/h38-43H,7-29,32-33,36-37H2,1-6H3;2*1,3-27H2,2H3;. The van der Waals surface area contributed by atoms with Crippen LogP contribution in [0.1, 0.15) is 570 Å². The molecule has 1 aliphatic heterocycles. The topological polar surface area (TPSA) is 25.3 Å². The molecule has 0 N–H and O–H groups in total. The van der Waals surface area contributed by atoms with Gasteiger partial charge in [-0.3, -0.25) is 0 Å². The van der Waals surface area contributed by atoms with Crippen molar-refractivity contribution in [3.8, 4) is 23.7 Å². The molecule has 0 saturated heterocycles. The summed E-state index contributed by atoms with van der Waals surface area (Å²) in [6.45, 7) is 18.3. The third kappa shape index (κ3) is 59.7. The Kier molecular flexibility index (Phi) is 76.3. The summed E-state index contributed by atoms with van der Waals surface area (Å²) in [5.41, 5.74) is 24.3. The summed E-state index contributed by atoms with van der Waals surface area (Å²) in [6.07, 6.45) is 106. The molecule has 2 nitrogen and oxygen atoms in total. The van der Waals surface area contributed by atoms with E-state index in [1.807, 2.05) is 0 Å². The molecule has 0 aromatic heterocycles. The fraction of sp³-hybridized carbons (Fsp3) is 0.813. The zero-order valence-electron chi connectivity index (χ0n) is 75.5. The van der Waals surface area contributed by atoms with Gasteiger partial charge in [-0.1, -0.05) is 361 Å². The maximum absolute atomic E-state index is 12.6. The Bertz CT molecular complexity index is 2420. The van der Waals surface area contributed by atoms with Crippen LogP contribution in [0.15, 0.2) is 47.5 Å². The zero-order valence-corrected chi connectivity index (χ0v) is 76.5. The van der Waals surface area contributed by atoms with E-state index in [0.717, 1.165) is 98.7 Å². The number of unbranched alkanes of at least 4 members (excludes halogenated alkanes) is 65. The van der Waals surface area contributed by atoms with Gasteiger partial charge in [-0.15, -0.1) is 0 Å². The van der Waals surface area contributed by atoms with E-state index >= 15 is 0 Å². The van der Waals surface area contributed by atoms with Crippen LogP contribution in [0.5, 0.6) is 0 Å². The van der Waals surface area contributed by atoms with Gasteiger partial charge in [0.1, 0.15) is 0 Å². The van der Waals surface area contributed by atoms with Crippen LogP contribution in [0.2, 0.25) is 10.8 Å². The predicted molar refractivity (Wildman–Crippen MR) is 493 cm³/mol. The van der Waals surface area contributed by atoms with Gasteiger partial charge < -0.3 is 5.53 Å². The molecule has 0 atom stereocenters. The monoisotopic (exact) mass is 1560 g/mol. The van der Waals surface area contributed by atoms with Gasteiger partial charge in [0.2, 0.25) is 11.4 Å². The van der Waals surface area contributed by atoms with Gasteiger partial charge in [0.15, 0.2) is 0 Å². The van der Waals surface area contributed by atoms with Crippen molar-refractivity contribution in [3.63, 3.8) is 0 Å². The molecular weight excluding hydrogens is 1370 g/mol. The Balaban J connectivity index is 0.000000747. The van der Waals surface area contributed by atoms with Crippen LogP contribution >= 0.6 is 0 Å². The van der Waals surface area contributed by atoms with Crippen LogP contribution < -0.4 is 0 Å². The molecule has 1 aliphatic rings. The first kappa shape index (κ1) is 103. The van der Waals surface area contributed by atoms with Crippen LogP contribution in [-0.2, 0) is 27.3 Å². The Hall–Kier alpha value is -2.87. The molecule has 2 aromatic rings. The summed E-state index contributed by atoms with van der Waals surface area (Å²) in [4.78, 5) is 0. The minimum Gasteiger partial charge on any atom is -0.0654 e. The zero-order chi connectivity index (χ0) is 79.0. The molecular formula is C107H188N2Ni. The predicted octanol–water partition coefficient (Wildman–Crippen LogP) is 38.0. The molecule has 2 aromatic carbocycles. The second-order valence-electron chi connectivity index (χ2n) is 34.7. The van der Waals surface area contributed by atoms with Crippen molar-refractivity contribution in [2.45, 2.75) is 561 Å². The van der Waals surface area contributed by atoms with Crippen LogP contribution in [0, 0.1) is 23.7 Å². The fourth-order valence-corrected chi connectivity index (χ4v) is 17.8. The van der Waals surface area contributed by atoms with E-state index in [-0.39, 0.29) is 0 Å². The summed E-state index contributed by atoms with van der Waals surface area (Å²) in [6, 6.07) is 13.9. The molecule has 3 rings (SSSR count). The number of allylic oxidation sites excluding steroid dienone is 2. The van der Waals surface area contributed by atoms with Crippen molar-refractivity contribution in [1.82, 2.24) is 0 Å². The first-order valence-electron chi connectivity index (χ1n) is 50.1. The summed E-state index contributed by atoms with van der Waals surface area (Å²) in [5, 5.41) is 2.87. The van der Waals surface area contributed by atoms with Crippen LogP contribution in [0.4, 0.5) is 0 Å². The Morgan fingerprint density at radius 2 is 0.445 bits per heavy atom. The van der Waals surface area contributed by atoms with E-state index in [1.54, 1.807) is 4.70 Å². The van der Waals surface area contributed by atoms with Gasteiger partial charge >= 0.3 is 166 Å². The van der Waals surface area contributed by atoms with Gasteiger partial charge in [-0.2, -0.15) is 0 Å². The number of aryl methyl sites for hydroxylation is 2. The second kappa shape index (κ2) is 81.3. The van der Waals surface area contributed by atoms with Crippen LogP contribution in [-0.4, -0.2) is 4.70 Å². The first-order valence-corrected chi connectivity index (χ1v) is 51.5. The smallest absolute Gasteiger partial charge is 0.0654 e. The van der Waals surface area contributed by atoms with E-state index in [1.165, 1.54) is 462 Å². The maximum atomic E-state index is 12.6. The molecule has 0 spiro atoms. The Morgan fingerprint density at radius 3 is 0.718 bits per heavy atom. The van der Waals surface area contributed by atoms with E-state index in [9.17, 15) is 5.53 Å². The van der Waals surface area contributed by atoms with Crippen molar-refractivity contribution in [1.29, 1.82) is 0 Å². The molecule has 3 heteroatoms. The third-order valence-corrected chi connectivity index (χ3v) is 25.2. The molecule has 0 bridgehead atoms. The molecule has 0 fully saturated rings. The van der Waals surface area contributed by atoms with Crippen molar-refractivity contribution >= 4 is 11.4 Å². The molecule has 0 unspecified atom stereocenters. The number of nitrogens with zero attached hydrogens (tertiary/aromatic N) is 2. The van der Waals surface area contributed by atoms with Gasteiger partial charge in [-0.05, 0) is 106 Å². The molecule has 636 valence electrons. The minimum absolute atomic E-state index is 0.922. The number of rotatable bonds is 79. The minimum atomic E-state index is 0.922. The van der Waals surface area contributed by atoms with Gasteiger partial charge in [0.25, 0.3) is 0 Å². The van der Waals surface area contributed by atoms with Crippen molar-refractivity contribution < 1.29 is 19.1 Å². The van der Waals surface area contributed by atoms with Crippen molar-refractivity contribution in [3.05, 3.63) is 86.5 Å². The number of benzene rings is 2. The Labute approximate surface area is 696 Å². The van der Waals surface area contributed by atoms with Gasteiger partial charge in [-0.25, -0.2) is 4.70 Å². The van der Waals surface area contributed by atoms with E-state index < -0.39 is 0 Å². The SMILES string of the molecule is CCCCCCCC#Cc1cc(C#CCCCCCCC)cc(C2=C(CCCC)C(CCCCC)=C(c3cc(CCCCC)cc(CCCCC)c3)[N+]2=[N-])c1.CCCCCCCCCCCCCCCCCCCCCCCCCC[CH2][Ni][CH2]CCCCCCCCCCCCCCCCCCCCCCCCCC. The normalized spacial score (nSPS) is 12.2. The van der Waals surface area contributed by atoms with E-state index in [4.69, 9.17) is 0 Å². The third-order valence-electron chi connectivity index (χ3n) is 23.8. The molecule has 1 heterocycles.